The maximum Gasteiger partial charge on any atom is 0.230 e. The molecular weight excluding hydrogens is 352 g/mol. The average Bonchev–Trinajstić information content (AvgIpc) is 3.16. The zero-order valence-electron chi connectivity index (χ0n) is 15.5. The minimum Gasteiger partial charge on any atom is -0.339 e. The Morgan fingerprint density at radius 3 is 2.38 bits per heavy atom. The maximum absolute atomic E-state index is 11.5. The van der Waals surface area contributed by atoms with Crippen LogP contribution in [0.5, 0.6) is 0 Å². The molecule has 0 fully saturated rings. The highest BCUT2D eigenvalue weighted by Crippen LogP contribution is 2.25. The Morgan fingerprint density at radius 2 is 1.85 bits per heavy atom. The molecule has 8 heteroatoms. The van der Waals surface area contributed by atoms with Gasteiger partial charge in [-0.25, -0.2) is 8.42 Å². The third-order valence-corrected chi connectivity index (χ3v) is 5.70. The molecule has 3 rings (SSSR count). The largest absolute Gasteiger partial charge is 0.339 e. The summed E-state index contributed by atoms with van der Waals surface area (Å²) in [5.41, 5.74) is 4.05. The molecule has 0 amide bonds. The fourth-order valence-electron chi connectivity index (χ4n) is 2.91. The molecule has 0 N–H and O–H groups in total. The highest BCUT2D eigenvalue weighted by atomic mass is 32.2. The van der Waals surface area contributed by atoms with E-state index in [1.807, 2.05) is 32.5 Å². The second-order valence-electron chi connectivity index (χ2n) is 6.63. The first-order valence-corrected chi connectivity index (χ1v) is 10.2. The van der Waals surface area contributed by atoms with Gasteiger partial charge < -0.3 is 4.52 Å². The fraction of sp³-hybridized carbons (Fsp3) is 0.389. The molecule has 3 aromatic rings. The molecule has 2 aromatic heterocycles. The van der Waals surface area contributed by atoms with E-state index in [1.165, 1.54) is 11.8 Å². The van der Waals surface area contributed by atoms with Gasteiger partial charge in [0.1, 0.15) is 0 Å². The highest BCUT2D eigenvalue weighted by Gasteiger charge is 2.20. The number of aryl methyl sites for hydroxylation is 2. The number of sulfone groups is 1. The first-order chi connectivity index (χ1) is 12.2. The summed E-state index contributed by atoms with van der Waals surface area (Å²) < 4.78 is 30.4. The summed E-state index contributed by atoms with van der Waals surface area (Å²) >= 11 is 0. The molecule has 1 aromatic carbocycles. The van der Waals surface area contributed by atoms with Crippen LogP contribution < -0.4 is 0 Å². The van der Waals surface area contributed by atoms with Gasteiger partial charge in [0.2, 0.25) is 11.7 Å². The first-order valence-electron chi connectivity index (χ1n) is 8.30. The molecule has 2 heterocycles. The molecule has 1 atom stereocenters. The third-order valence-electron chi connectivity index (χ3n) is 4.57. The maximum atomic E-state index is 11.5. The first kappa shape index (κ1) is 18.3. The Balaban J connectivity index is 1.81. The van der Waals surface area contributed by atoms with Crippen molar-refractivity contribution in [3.63, 3.8) is 0 Å². The summed E-state index contributed by atoms with van der Waals surface area (Å²) in [5.74, 6) is 1.05. The van der Waals surface area contributed by atoms with Crippen molar-refractivity contribution in [2.45, 2.75) is 38.0 Å². The number of nitrogens with zero attached hydrogens (tertiary/aromatic N) is 4. The number of hydrogen-bond donors (Lipinski definition) is 0. The van der Waals surface area contributed by atoms with Crippen molar-refractivity contribution in [1.82, 2.24) is 19.9 Å². The molecule has 0 saturated carbocycles. The summed E-state index contributed by atoms with van der Waals surface area (Å²) in [6.07, 6.45) is 1.94. The smallest absolute Gasteiger partial charge is 0.230 e. The SMILES string of the molecule is Cc1nn(C)c(C)c1CC(C)c1nc(-c2ccc(S(C)(=O)=O)cc2)no1. The predicted molar refractivity (Wildman–Crippen MR) is 97.6 cm³/mol. The standard InChI is InChI=1S/C18H22N4O3S/c1-11(10-16-12(2)20-22(4)13(16)3)18-19-17(21-25-18)14-6-8-15(9-7-14)26(5,23)24/h6-9,11H,10H2,1-5H3. The molecule has 0 spiro atoms. The quantitative estimate of drug-likeness (QED) is 0.682. The molecule has 0 radical (unpaired) electrons. The van der Waals surface area contributed by atoms with Crippen LogP contribution in [0.25, 0.3) is 11.4 Å². The van der Waals surface area contributed by atoms with Crippen LogP contribution in [0, 0.1) is 13.8 Å². The number of rotatable bonds is 5. The molecule has 26 heavy (non-hydrogen) atoms. The van der Waals surface area contributed by atoms with Crippen molar-refractivity contribution in [2.75, 3.05) is 6.26 Å². The van der Waals surface area contributed by atoms with Gasteiger partial charge in [0.15, 0.2) is 9.84 Å². The number of hydrogen-bond acceptors (Lipinski definition) is 6. The van der Waals surface area contributed by atoms with Gasteiger partial charge in [-0.15, -0.1) is 0 Å². The van der Waals surface area contributed by atoms with Crippen molar-refractivity contribution in [3.8, 4) is 11.4 Å². The van der Waals surface area contributed by atoms with E-state index < -0.39 is 9.84 Å². The second-order valence-corrected chi connectivity index (χ2v) is 8.65. The molecule has 0 aliphatic rings. The average molecular weight is 374 g/mol. The van der Waals surface area contributed by atoms with Crippen molar-refractivity contribution < 1.29 is 12.9 Å². The van der Waals surface area contributed by atoms with E-state index in [1.54, 1.807) is 24.3 Å². The summed E-state index contributed by atoms with van der Waals surface area (Å²) in [4.78, 5) is 4.74. The Labute approximate surface area is 153 Å². The molecule has 0 bridgehead atoms. The third kappa shape index (κ3) is 3.55. The lowest BCUT2D eigenvalue weighted by molar-refractivity contribution is 0.358. The lowest BCUT2D eigenvalue weighted by Gasteiger charge is -2.07. The van der Waals surface area contributed by atoms with Crippen molar-refractivity contribution in [1.29, 1.82) is 0 Å². The summed E-state index contributed by atoms with van der Waals surface area (Å²) in [6, 6.07) is 6.47. The minimum atomic E-state index is -3.22. The zero-order valence-corrected chi connectivity index (χ0v) is 16.3. The predicted octanol–water partition coefficient (Wildman–Crippen LogP) is 2.84. The summed E-state index contributed by atoms with van der Waals surface area (Å²) in [5, 5.41) is 8.47. The second kappa shape index (κ2) is 6.68. The minimum absolute atomic E-state index is 0.0492. The molecule has 0 aliphatic heterocycles. The van der Waals surface area contributed by atoms with Crippen LogP contribution in [0.2, 0.25) is 0 Å². The van der Waals surface area contributed by atoms with E-state index in [4.69, 9.17) is 4.52 Å². The van der Waals surface area contributed by atoms with Gasteiger partial charge in [-0.05, 0) is 50.1 Å². The fourth-order valence-corrected chi connectivity index (χ4v) is 3.54. The van der Waals surface area contributed by atoms with E-state index in [0.29, 0.717) is 17.3 Å². The van der Waals surface area contributed by atoms with Gasteiger partial charge in [0.05, 0.1) is 10.6 Å². The van der Waals surface area contributed by atoms with Gasteiger partial charge in [0.25, 0.3) is 0 Å². The van der Waals surface area contributed by atoms with Gasteiger partial charge in [-0.2, -0.15) is 10.1 Å². The van der Waals surface area contributed by atoms with Crippen molar-refractivity contribution >= 4 is 9.84 Å². The number of aromatic nitrogens is 4. The normalized spacial score (nSPS) is 13.1. The Hall–Kier alpha value is -2.48. The molecule has 0 saturated heterocycles. The summed E-state index contributed by atoms with van der Waals surface area (Å²) in [7, 11) is -1.29. The van der Waals surface area contributed by atoms with Crippen LogP contribution in [0.15, 0.2) is 33.7 Å². The van der Waals surface area contributed by atoms with Crippen LogP contribution in [0.4, 0.5) is 0 Å². The molecule has 7 nitrogen and oxygen atoms in total. The zero-order chi connectivity index (χ0) is 19.1. The lowest BCUT2D eigenvalue weighted by Crippen LogP contribution is -2.02. The van der Waals surface area contributed by atoms with E-state index in [2.05, 4.69) is 15.2 Å². The summed E-state index contributed by atoms with van der Waals surface area (Å²) in [6.45, 7) is 6.08. The van der Waals surface area contributed by atoms with Crippen molar-refractivity contribution in [2.24, 2.45) is 7.05 Å². The van der Waals surface area contributed by atoms with Gasteiger partial charge in [-0.1, -0.05) is 12.1 Å². The van der Waals surface area contributed by atoms with Gasteiger partial charge in [0, 0.05) is 30.5 Å². The van der Waals surface area contributed by atoms with E-state index in [-0.39, 0.29) is 10.8 Å². The lowest BCUT2D eigenvalue weighted by atomic mass is 9.99. The Bertz CT molecular complexity index is 1030. The highest BCUT2D eigenvalue weighted by molar-refractivity contribution is 7.90. The van der Waals surface area contributed by atoms with Crippen molar-refractivity contribution in [3.05, 3.63) is 47.1 Å². The van der Waals surface area contributed by atoms with Gasteiger partial charge in [-0.3, -0.25) is 4.68 Å². The Morgan fingerprint density at radius 1 is 1.19 bits per heavy atom. The molecular formula is C18H22N4O3S. The van der Waals surface area contributed by atoms with Gasteiger partial charge >= 0.3 is 0 Å². The van der Waals surface area contributed by atoms with E-state index in [9.17, 15) is 8.42 Å². The van der Waals surface area contributed by atoms with E-state index in [0.717, 1.165) is 17.8 Å². The molecule has 1 unspecified atom stereocenters. The molecule has 138 valence electrons. The molecule has 0 aliphatic carbocycles. The Kier molecular flexibility index (Phi) is 4.70. The van der Waals surface area contributed by atoms with Crippen LogP contribution in [-0.2, 0) is 23.3 Å². The van der Waals surface area contributed by atoms with Crippen LogP contribution in [0.3, 0.4) is 0 Å². The monoisotopic (exact) mass is 374 g/mol. The van der Waals surface area contributed by atoms with Crippen LogP contribution in [0.1, 0.15) is 35.7 Å². The van der Waals surface area contributed by atoms with Crippen LogP contribution in [-0.4, -0.2) is 34.6 Å². The van der Waals surface area contributed by atoms with E-state index >= 15 is 0 Å². The van der Waals surface area contributed by atoms with Crippen LogP contribution >= 0.6 is 0 Å². The number of benzene rings is 1. The topological polar surface area (TPSA) is 90.9 Å².